The molecule has 104 valence electrons. The zero-order chi connectivity index (χ0) is 13.7. The maximum atomic E-state index is 11.4. The van der Waals surface area contributed by atoms with Gasteiger partial charge < -0.3 is 14.6 Å². The fourth-order valence-electron chi connectivity index (χ4n) is 2.07. The second kappa shape index (κ2) is 6.82. The Hall–Kier alpha value is -1.20. The van der Waals surface area contributed by atoms with Crippen molar-refractivity contribution in [1.82, 2.24) is 0 Å². The Kier molecular flexibility index (Phi) is 5.10. The Labute approximate surface area is 117 Å². The number of ether oxygens (including phenoxy) is 2. The van der Waals surface area contributed by atoms with Crippen molar-refractivity contribution in [3.63, 3.8) is 0 Å². The number of thioether (sulfide) groups is 1. The molecule has 1 aromatic carbocycles. The van der Waals surface area contributed by atoms with Crippen molar-refractivity contribution in [2.24, 2.45) is 0 Å². The average Bonchev–Trinajstić information content (AvgIpc) is 2.40. The van der Waals surface area contributed by atoms with E-state index in [9.17, 15) is 9.90 Å². The molecule has 2 rings (SSSR count). The summed E-state index contributed by atoms with van der Waals surface area (Å²) in [7, 11) is 0. The van der Waals surface area contributed by atoms with Crippen LogP contribution >= 0.6 is 11.8 Å². The van der Waals surface area contributed by atoms with Crippen molar-refractivity contribution in [2.45, 2.75) is 30.8 Å². The highest BCUT2D eigenvalue weighted by molar-refractivity contribution is 7.99. The Morgan fingerprint density at radius 3 is 2.84 bits per heavy atom. The summed E-state index contributed by atoms with van der Waals surface area (Å²) < 4.78 is 11.1. The minimum absolute atomic E-state index is 0.0497. The predicted molar refractivity (Wildman–Crippen MR) is 74.3 cm³/mol. The quantitative estimate of drug-likeness (QED) is 0.841. The second-order valence-electron chi connectivity index (χ2n) is 4.30. The van der Waals surface area contributed by atoms with Gasteiger partial charge in [-0.3, -0.25) is 0 Å². The Bertz CT molecular complexity index is 441. The van der Waals surface area contributed by atoms with E-state index in [1.54, 1.807) is 6.07 Å². The molecule has 5 heteroatoms. The van der Waals surface area contributed by atoms with Crippen molar-refractivity contribution >= 4 is 17.7 Å². The van der Waals surface area contributed by atoms with Gasteiger partial charge in [-0.15, -0.1) is 11.8 Å². The van der Waals surface area contributed by atoms with E-state index in [1.807, 2.05) is 19.1 Å². The molecule has 1 fully saturated rings. The van der Waals surface area contributed by atoms with E-state index < -0.39 is 5.97 Å². The Morgan fingerprint density at radius 1 is 1.47 bits per heavy atom. The fraction of sp³-hybridized carbons (Fsp3) is 0.500. The lowest BCUT2D eigenvalue weighted by Crippen LogP contribution is -2.26. The lowest BCUT2D eigenvalue weighted by molar-refractivity contribution is 0.0247. The first-order chi connectivity index (χ1) is 9.22. The molecule has 1 N–H and O–H groups in total. The summed E-state index contributed by atoms with van der Waals surface area (Å²) in [6, 6.07) is 5.41. The number of hydrogen-bond acceptors (Lipinski definition) is 4. The molecule has 1 saturated heterocycles. The first-order valence-corrected chi connectivity index (χ1v) is 7.44. The monoisotopic (exact) mass is 282 g/mol. The molecule has 0 aromatic heterocycles. The van der Waals surface area contributed by atoms with Gasteiger partial charge in [-0.25, -0.2) is 4.79 Å². The smallest absolute Gasteiger partial charge is 0.340 e. The van der Waals surface area contributed by atoms with Gasteiger partial charge in [-0.2, -0.15) is 0 Å². The fourth-order valence-corrected chi connectivity index (χ4v) is 2.89. The number of carboxylic acids is 1. The van der Waals surface area contributed by atoms with Crippen LogP contribution in [0.4, 0.5) is 0 Å². The van der Waals surface area contributed by atoms with Crippen LogP contribution in [0.1, 0.15) is 30.1 Å². The molecule has 0 saturated carbocycles. The van der Waals surface area contributed by atoms with Crippen LogP contribution in [-0.2, 0) is 4.74 Å². The molecule has 1 heterocycles. The summed E-state index contributed by atoms with van der Waals surface area (Å²) in [4.78, 5) is 12.2. The summed E-state index contributed by atoms with van der Waals surface area (Å²) in [6.07, 6.45) is 1.67. The zero-order valence-corrected chi connectivity index (χ0v) is 11.7. The van der Waals surface area contributed by atoms with Gasteiger partial charge in [0.1, 0.15) is 17.4 Å². The summed E-state index contributed by atoms with van der Waals surface area (Å²) in [5.41, 5.74) is 0.279. The van der Waals surface area contributed by atoms with Crippen LogP contribution in [0, 0.1) is 0 Å². The SMILES string of the molecule is CCSc1cccc(OC2CCOCC2)c1C(=O)O. The summed E-state index contributed by atoms with van der Waals surface area (Å²) in [5, 5.41) is 9.38. The van der Waals surface area contributed by atoms with Crippen molar-refractivity contribution in [3.8, 4) is 5.75 Å². The molecule has 0 amide bonds. The zero-order valence-electron chi connectivity index (χ0n) is 10.9. The number of benzene rings is 1. The van der Waals surface area contributed by atoms with Crippen molar-refractivity contribution in [1.29, 1.82) is 0 Å². The molecular weight excluding hydrogens is 264 g/mol. The molecule has 0 radical (unpaired) electrons. The molecule has 19 heavy (non-hydrogen) atoms. The molecule has 1 aromatic rings. The normalized spacial score (nSPS) is 16.3. The van der Waals surface area contributed by atoms with Crippen molar-refractivity contribution < 1.29 is 19.4 Å². The maximum absolute atomic E-state index is 11.4. The van der Waals surface area contributed by atoms with Crippen LogP contribution in [0.5, 0.6) is 5.75 Å². The number of carboxylic acid groups (broad SMARTS) is 1. The molecule has 0 unspecified atom stereocenters. The van der Waals surface area contributed by atoms with Crippen LogP contribution in [0.3, 0.4) is 0 Å². The predicted octanol–water partition coefficient (Wildman–Crippen LogP) is 3.05. The highest BCUT2D eigenvalue weighted by Crippen LogP contribution is 2.31. The van der Waals surface area contributed by atoms with Gasteiger partial charge in [0, 0.05) is 17.7 Å². The van der Waals surface area contributed by atoms with E-state index in [0.29, 0.717) is 19.0 Å². The maximum Gasteiger partial charge on any atom is 0.340 e. The van der Waals surface area contributed by atoms with Crippen molar-refractivity contribution in [3.05, 3.63) is 23.8 Å². The largest absolute Gasteiger partial charge is 0.489 e. The first kappa shape index (κ1) is 14.2. The third kappa shape index (κ3) is 3.64. The average molecular weight is 282 g/mol. The van der Waals surface area contributed by atoms with E-state index >= 15 is 0 Å². The minimum Gasteiger partial charge on any atom is -0.489 e. The minimum atomic E-state index is -0.932. The van der Waals surface area contributed by atoms with Crippen LogP contribution in [0.2, 0.25) is 0 Å². The molecule has 1 aliphatic rings. The highest BCUT2D eigenvalue weighted by atomic mass is 32.2. The highest BCUT2D eigenvalue weighted by Gasteiger charge is 2.21. The van der Waals surface area contributed by atoms with Gasteiger partial charge in [0.05, 0.1) is 13.2 Å². The van der Waals surface area contributed by atoms with Gasteiger partial charge in [0.15, 0.2) is 0 Å². The van der Waals surface area contributed by atoms with E-state index in [2.05, 4.69) is 0 Å². The lowest BCUT2D eigenvalue weighted by atomic mass is 10.1. The molecule has 1 aliphatic heterocycles. The third-order valence-corrected chi connectivity index (χ3v) is 3.90. The van der Waals surface area contributed by atoms with Crippen LogP contribution < -0.4 is 4.74 Å². The number of carbonyl (C=O) groups is 1. The number of rotatable bonds is 5. The molecule has 4 nitrogen and oxygen atoms in total. The van der Waals surface area contributed by atoms with E-state index in [4.69, 9.17) is 9.47 Å². The topological polar surface area (TPSA) is 55.8 Å². The molecular formula is C14H18O4S. The van der Waals surface area contributed by atoms with Crippen LogP contribution in [0.25, 0.3) is 0 Å². The molecule has 0 atom stereocenters. The van der Waals surface area contributed by atoms with Gasteiger partial charge in [0.25, 0.3) is 0 Å². The lowest BCUT2D eigenvalue weighted by Gasteiger charge is -2.24. The van der Waals surface area contributed by atoms with Crippen LogP contribution in [-0.4, -0.2) is 36.1 Å². The molecule has 0 bridgehead atoms. The Morgan fingerprint density at radius 2 is 2.21 bits per heavy atom. The van der Waals surface area contributed by atoms with Crippen molar-refractivity contribution in [2.75, 3.05) is 19.0 Å². The standard InChI is InChI=1S/C14H18O4S/c1-2-19-12-5-3-4-11(13(12)14(15)16)18-10-6-8-17-9-7-10/h3-5,10H,2,6-9H2,1H3,(H,15,16). The third-order valence-electron chi connectivity index (χ3n) is 2.96. The van der Waals surface area contributed by atoms with E-state index in [-0.39, 0.29) is 11.7 Å². The summed E-state index contributed by atoms with van der Waals surface area (Å²) in [6.45, 7) is 3.36. The molecule has 0 aliphatic carbocycles. The summed E-state index contributed by atoms with van der Waals surface area (Å²) in [5.74, 6) is 0.373. The van der Waals surface area contributed by atoms with Crippen LogP contribution in [0.15, 0.2) is 23.1 Å². The number of hydrogen-bond donors (Lipinski definition) is 1. The Balaban J connectivity index is 2.22. The van der Waals surface area contributed by atoms with Gasteiger partial charge >= 0.3 is 5.97 Å². The second-order valence-corrected chi connectivity index (χ2v) is 5.60. The van der Waals surface area contributed by atoms with E-state index in [1.165, 1.54) is 11.8 Å². The summed E-state index contributed by atoms with van der Waals surface area (Å²) >= 11 is 1.52. The number of aromatic carboxylic acids is 1. The van der Waals surface area contributed by atoms with Gasteiger partial charge in [-0.1, -0.05) is 13.0 Å². The van der Waals surface area contributed by atoms with E-state index in [0.717, 1.165) is 23.5 Å². The first-order valence-electron chi connectivity index (χ1n) is 6.46. The molecule has 0 spiro atoms. The van der Waals surface area contributed by atoms with Gasteiger partial charge in [-0.05, 0) is 17.9 Å². The van der Waals surface area contributed by atoms with Gasteiger partial charge in [0.2, 0.25) is 0 Å².